The highest BCUT2D eigenvalue weighted by Gasteiger charge is 2.33. The van der Waals surface area contributed by atoms with E-state index in [9.17, 15) is 5.11 Å². The Bertz CT molecular complexity index is 303. The normalized spacial score (nSPS) is 27.9. The van der Waals surface area contributed by atoms with Crippen molar-refractivity contribution < 1.29 is 9.84 Å². The maximum Gasteiger partial charge on any atom is 0.116 e. The molecular formula is C10H16N2O2. The zero-order chi connectivity index (χ0) is 10.0. The van der Waals surface area contributed by atoms with E-state index in [1.807, 2.05) is 17.8 Å². The largest absolute Gasteiger partial charge is 0.383 e. The van der Waals surface area contributed by atoms with Crippen molar-refractivity contribution >= 4 is 0 Å². The Hall–Kier alpha value is -0.870. The van der Waals surface area contributed by atoms with E-state index in [0.717, 1.165) is 31.6 Å². The number of hydrogen-bond donors (Lipinski definition) is 1. The molecule has 2 rings (SSSR count). The molecule has 0 bridgehead atoms. The zero-order valence-corrected chi connectivity index (χ0v) is 8.44. The molecule has 14 heavy (non-hydrogen) atoms. The van der Waals surface area contributed by atoms with Crippen LogP contribution >= 0.6 is 0 Å². The van der Waals surface area contributed by atoms with E-state index in [1.165, 1.54) is 0 Å². The molecule has 78 valence electrons. The summed E-state index contributed by atoms with van der Waals surface area (Å²) >= 11 is 0. The van der Waals surface area contributed by atoms with Crippen molar-refractivity contribution in [3.05, 3.63) is 18.0 Å². The third kappa shape index (κ3) is 1.67. The van der Waals surface area contributed by atoms with Crippen molar-refractivity contribution in [2.45, 2.75) is 31.9 Å². The third-order valence-electron chi connectivity index (χ3n) is 2.71. The van der Waals surface area contributed by atoms with Crippen LogP contribution in [0.5, 0.6) is 0 Å². The summed E-state index contributed by atoms with van der Waals surface area (Å²) in [7, 11) is 0. The van der Waals surface area contributed by atoms with Crippen LogP contribution in [-0.2, 0) is 16.9 Å². The van der Waals surface area contributed by atoms with E-state index in [4.69, 9.17) is 4.74 Å². The van der Waals surface area contributed by atoms with Crippen molar-refractivity contribution in [2.24, 2.45) is 0 Å². The highest BCUT2D eigenvalue weighted by atomic mass is 16.5. The third-order valence-corrected chi connectivity index (χ3v) is 2.71. The van der Waals surface area contributed by atoms with Crippen molar-refractivity contribution in [2.75, 3.05) is 13.2 Å². The first-order valence-electron chi connectivity index (χ1n) is 5.08. The average molecular weight is 196 g/mol. The van der Waals surface area contributed by atoms with Crippen LogP contribution in [0.25, 0.3) is 0 Å². The molecular weight excluding hydrogens is 180 g/mol. The molecule has 0 amide bonds. The van der Waals surface area contributed by atoms with Gasteiger partial charge in [-0.2, -0.15) is 5.10 Å². The quantitative estimate of drug-likeness (QED) is 0.764. The van der Waals surface area contributed by atoms with Crippen molar-refractivity contribution in [1.82, 2.24) is 9.78 Å². The number of ether oxygens (including phenoxy) is 1. The smallest absolute Gasteiger partial charge is 0.116 e. The Kier molecular flexibility index (Phi) is 2.56. The van der Waals surface area contributed by atoms with Crippen LogP contribution in [0.15, 0.2) is 12.4 Å². The van der Waals surface area contributed by atoms with Gasteiger partial charge in [0.15, 0.2) is 0 Å². The molecule has 1 aliphatic rings. The van der Waals surface area contributed by atoms with E-state index < -0.39 is 5.60 Å². The summed E-state index contributed by atoms with van der Waals surface area (Å²) in [6.45, 7) is 4.00. The lowest BCUT2D eigenvalue weighted by atomic mass is 9.91. The predicted octanol–water partition coefficient (Wildman–Crippen LogP) is 0.901. The van der Waals surface area contributed by atoms with Gasteiger partial charge in [-0.1, -0.05) is 0 Å². The molecule has 1 saturated heterocycles. The van der Waals surface area contributed by atoms with Crippen molar-refractivity contribution in [3.8, 4) is 0 Å². The number of nitrogens with zero attached hydrogens (tertiary/aromatic N) is 2. The predicted molar refractivity (Wildman–Crippen MR) is 51.9 cm³/mol. The Morgan fingerprint density at radius 1 is 1.71 bits per heavy atom. The van der Waals surface area contributed by atoms with Crippen molar-refractivity contribution in [1.29, 1.82) is 0 Å². The van der Waals surface area contributed by atoms with Crippen molar-refractivity contribution in [3.63, 3.8) is 0 Å². The van der Waals surface area contributed by atoms with E-state index in [0.29, 0.717) is 6.61 Å². The van der Waals surface area contributed by atoms with Gasteiger partial charge >= 0.3 is 0 Å². The maximum absolute atomic E-state index is 10.3. The van der Waals surface area contributed by atoms with Crippen LogP contribution in [0.1, 0.15) is 25.3 Å². The summed E-state index contributed by atoms with van der Waals surface area (Å²) in [5.74, 6) is 0. The fourth-order valence-electron chi connectivity index (χ4n) is 1.78. The number of aromatic nitrogens is 2. The molecule has 0 radical (unpaired) electrons. The second kappa shape index (κ2) is 3.71. The van der Waals surface area contributed by atoms with Gasteiger partial charge in [-0.15, -0.1) is 0 Å². The fraction of sp³-hybridized carbons (Fsp3) is 0.700. The molecule has 1 atom stereocenters. The maximum atomic E-state index is 10.3. The summed E-state index contributed by atoms with van der Waals surface area (Å²) in [5, 5.41) is 14.4. The summed E-state index contributed by atoms with van der Waals surface area (Å²) in [6.07, 6.45) is 5.31. The molecule has 1 unspecified atom stereocenters. The summed E-state index contributed by atoms with van der Waals surface area (Å²) < 4.78 is 7.12. The molecule has 2 heterocycles. The van der Waals surface area contributed by atoms with Gasteiger partial charge in [0.25, 0.3) is 0 Å². The molecule has 1 fully saturated rings. The minimum absolute atomic E-state index is 0.391. The van der Waals surface area contributed by atoms with Gasteiger partial charge in [0.2, 0.25) is 0 Å². The second-order valence-corrected chi connectivity index (χ2v) is 3.77. The fourth-order valence-corrected chi connectivity index (χ4v) is 1.78. The summed E-state index contributed by atoms with van der Waals surface area (Å²) in [5.41, 5.74) is 0.0603. The second-order valence-electron chi connectivity index (χ2n) is 3.77. The first-order chi connectivity index (χ1) is 6.74. The van der Waals surface area contributed by atoms with Gasteiger partial charge in [0, 0.05) is 24.9 Å². The Labute approximate surface area is 83.5 Å². The van der Waals surface area contributed by atoms with Gasteiger partial charge in [-0.3, -0.25) is 4.68 Å². The van der Waals surface area contributed by atoms with Gasteiger partial charge in [-0.25, -0.2) is 0 Å². The van der Waals surface area contributed by atoms with Crippen LogP contribution < -0.4 is 0 Å². The molecule has 1 aliphatic heterocycles. The van der Waals surface area contributed by atoms with Crippen LogP contribution in [-0.4, -0.2) is 28.1 Å². The zero-order valence-electron chi connectivity index (χ0n) is 8.44. The highest BCUT2D eigenvalue weighted by Crippen LogP contribution is 2.29. The van der Waals surface area contributed by atoms with E-state index in [2.05, 4.69) is 5.10 Å². The number of rotatable bonds is 2. The molecule has 0 saturated carbocycles. The van der Waals surface area contributed by atoms with Gasteiger partial charge in [0.1, 0.15) is 5.60 Å². The summed E-state index contributed by atoms with van der Waals surface area (Å²) in [6, 6.07) is 0. The molecule has 1 N–H and O–H groups in total. The lowest BCUT2D eigenvalue weighted by Crippen LogP contribution is -2.35. The summed E-state index contributed by atoms with van der Waals surface area (Å²) in [4.78, 5) is 0. The molecule has 4 heteroatoms. The first-order valence-corrected chi connectivity index (χ1v) is 5.08. The van der Waals surface area contributed by atoms with E-state index >= 15 is 0 Å². The monoisotopic (exact) mass is 196 g/mol. The van der Waals surface area contributed by atoms with Gasteiger partial charge in [-0.05, 0) is 19.8 Å². The Balaban J connectivity index is 2.19. The van der Waals surface area contributed by atoms with Gasteiger partial charge in [0.05, 0.1) is 12.8 Å². The molecule has 0 aromatic carbocycles. The van der Waals surface area contributed by atoms with Crippen LogP contribution in [0.3, 0.4) is 0 Å². The first kappa shape index (κ1) is 9.68. The Morgan fingerprint density at radius 3 is 3.14 bits per heavy atom. The molecule has 1 aromatic rings. The number of aryl methyl sites for hydroxylation is 1. The lowest BCUT2D eigenvalue weighted by molar-refractivity contribution is -0.0903. The standard InChI is InChI=1S/C10H16N2O2/c1-2-12-7-9(6-11-12)10(13)4-3-5-14-8-10/h6-7,13H,2-5,8H2,1H3. The SMILES string of the molecule is CCn1cc(C2(O)CCCOC2)cn1. The van der Waals surface area contributed by atoms with E-state index in [-0.39, 0.29) is 0 Å². The van der Waals surface area contributed by atoms with Crippen LogP contribution in [0.2, 0.25) is 0 Å². The molecule has 1 aromatic heterocycles. The van der Waals surface area contributed by atoms with E-state index in [1.54, 1.807) is 6.20 Å². The number of aliphatic hydroxyl groups is 1. The van der Waals surface area contributed by atoms with Crippen LogP contribution in [0.4, 0.5) is 0 Å². The Morgan fingerprint density at radius 2 is 2.57 bits per heavy atom. The molecule has 0 spiro atoms. The molecule has 4 nitrogen and oxygen atoms in total. The van der Waals surface area contributed by atoms with Gasteiger partial charge < -0.3 is 9.84 Å². The minimum Gasteiger partial charge on any atom is -0.383 e. The number of hydrogen-bond acceptors (Lipinski definition) is 3. The minimum atomic E-state index is -0.814. The molecule has 0 aliphatic carbocycles. The average Bonchev–Trinajstić information content (AvgIpc) is 2.67. The highest BCUT2D eigenvalue weighted by molar-refractivity contribution is 5.15. The lowest BCUT2D eigenvalue weighted by Gasteiger charge is -2.30. The topological polar surface area (TPSA) is 47.3 Å². The van der Waals surface area contributed by atoms with Crippen LogP contribution in [0, 0.1) is 0 Å².